The zero-order chi connectivity index (χ0) is 8.43. The molecule has 0 aromatic heterocycles. The second kappa shape index (κ2) is 5.00. The number of ether oxygens (including phenoxy) is 1. The van der Waals surface area contributed by atoms with Crippen molar-refractivity contribution in [2.45, 2.75) is 19.8 Å². The van der Waals surface area contributed by atoms with Gasteiger partial charge in [0.1, 0.15) is 11.7 Å². The van der Waals surface area contributed by atoms with Gasteiger partial charge in [-0.25, -0.2) is 0 Å². The van der Waals surface area contributed by atoms with Gasteiger partial charge in [0.05, 0.1) is 7.11 Å². The third-order valence-corrected chi connectivity index (χ3v) is 2.20. The van der Waals surface area contributed by atoms with Gasteiger partial charge in [-0.3, -0.25) is 9.59 Å². The van der Waals surface area contributed by atoms with Crippen molar-refractivity contribution in [1.29, 1.82) is 0 Å². The molecule has 0 bridgehead atoms. The minimum absolute atomic E-state index is 0. The van der Waals surface area contributed by atoms with Crippen LogP contribution in [0.5, 0.6) is 0 Å². The van der Waals surface area contributed by atoms with Crippen LogP contribution in [-0.4, -0.2) is 48.4 Å². The van der Waals surface area contributed by atoms with E-state index in [9.17, 15) is 9.59 Å². The van der Waals surface area contributed by atoms with Gasteiger partial charge in [-0.15, -0.1) is 0 Å². The summed E-state index contributed by atoms with van der Waals surface area (Å²) in [4.78, 5) is 22.1. The molecule has 63 valence electrons. The van der Waals surface area contributed by atoms with Crippen molar-refractivity contribution >= 4 is 41.3 Å². The van der Waals surface area contributed by atoms with Gasteiger partial charge in [-0.05, 0) is 12.8 Å². The summed E-state index contributed by atoms with van der Waals surface area (Å²) in [6, 6.07) is 0. The van der Waals surface area contributed by atoms with Gasteiger partial charge >= 0.3 is 5.97 Å². The standard InChI is InChI=1S/C8H12O3.Na/c1-5-3-4-6(7(5)9)8(10)11-2;/h5-6H,3-4H2,1-2H3;. The molecule has 4 heteroatoms. The number of methoxy groups -OCH3 is 1. The zero-order valence-electron chi connectivity index (χ0n) is 7.79. The fraction of sp³-hybridized carbons (Fsp3) is 0.750. The fourth-order valence-electron chi connectivity index (χ4n) is 1.42. The van der Waals surface area contributed by atoms with Crippen LogP contribution in [0.3, 0.4) is 0 Å². The van der Waals surface area contributed by atoms with Crippen molar-refractivity contribution in [3.63, 3.8) is 0 Å². The van der Waals surface area contributed by atoms with E-state index in [4.69, 9.17) is 0 Å². The third kappa shape index (κ3) is 2.31. The molecule has 0 aromatic rings. The smallest absolute Gasteiger partial charge is 0.316 e. The Hall–Kier alpha value is 0.140. The molecule has 0 heterocycles. The summed E-state index contributed by atoms with van der Waals surface area (Å²) in [7, 11) is 1.32. The van der Waals surface area contributed by atoms with Crippen LogP contribution in [0.4, 0.5) is 0 Å². The van der Waals surface area contributed by atoms with Crippen molar-refractivity contribution in [2.24, 2.45) is 11.8 Å². The minimum Gasteiger partial charge on any atom is -0.468 e. The second-order valence-corrected chi connectivity index (χ2v) is 2.96. The number of hydrogen-bond acceptors (Lipinski definition) is 3. The van der Waals surface area contributed by atoms with Gasteiger partial charge < -0.3 is 4.74 Å². The van der Waals surface area contributed by atoms with Gasteiger partial charge in [0.25, 0.3) is 0 Å². The van der Waals surface area contributed by atoms with Crippen LogP contribution in [0.25, 0.3) is 0 Å². The summed E-state index contributed by atoms with van der Waals surface area (Å²) < 4.78 is 4.49. The van der Waals surface area contributed by atoms with Crippen LogP contribution in [-0.2, 0) is 14.3 Å². The Morgan fingerprint density at radius 1 is 1.50 bits per heavy atom. The number of Topliss-reactive ketones (excluding diaryl/α,β-unsaturated/α-hetero) is 1. The number of esters is 1. The third-order valence-electron chi connectivity index (χ3n) is 2.20. The van der Waals surface area contributed by atoms with Gasteiger partial charge in [0, 0.05) is 35.5 Å². The normalized spacial score (nSPS) is 28.0. The molecule has 1 aliphatic carbocycles. The molecule has 0 spiro atoms. The van der Waals surface area contributed by atoms with Crippen LogP contribution in [0.15, 0.2) is 0 Å². The van der Waals surface area contributed by atoms with Gasteiger partial charge in [-0.1, -0.05) is 6.92 Å². The Morgan fingerprint density at radius 2 is 2.08 bits per heavy atom. The molecule has 1 fully saturated rings. The van der Waals surface area contributed by atoms with E-state index in [0.29, 0.717) is 6.42 Å². The summed E-state index contributed by atoms with van der Waals surface area (Å²) in [6.45, 7) is 1.85. The first-order valence-electron chi connectivity index (χ1n) is 3.78. The van der Waals surface area contributed by atoms with E-state index in [1.54, 1.807) is 0 Å². The number of rotatable bonds is 1. The van der Waals surface area contributed by atoms with Gasteiger partial charge in [0.15, 0.2) is 0 Å². The molecule has 0 aromatic carbocycles. The molecule has 1 aliphatic rings. The summed E-state index contributed by atoms with van der Waals surface area (Å²) in [5.74, 6) is -0.773. The molecule has 0 amide bonds. The first kappa shape index (κ1) is 12.1. The average Bonchev–Trinajstić information content (AvgIpc) is 2.32. The summed E-state index contributed by atoms with van der Waals surface area (Å²) in [5.41, 5.74) is 0. The molecule has 2 atom stereocenters. The van der Waals surface area contributed by atoms with Crippen molar-refractivity contribution in [2.75, 3.05) is 7.11 Å². The molecule has 2 unspecified atom stereocenters. The van der Waals surface area contributed by atoms with Crippen LogP contribution in [0, 0.1) is 11.8 Å². The Labute approximate surface area is 94.1 Å². The van der Waals surface area contributed by atoms with Crippen molar-refractivity contribution in [3.8, 4) is 0 Å². The van der Waals surface area contributed by atoms with Crippen molar-refractivity contribution in [1.82, 2.24) is 0 Å². The number of carbonyl (C=O) groups excluding carboxylic acids is 2. The van der Waals surface area contributed by atoms with E-state index in [0.717, 1.165) is 6.42 Å². The Bertz CT molecular complexity index is 191. The Morgan fingerprint density at radius 3 is 2.42 bits per heavy atom. The summed E-state index contributed by atoms with van der Waals surface area (Å²) in [5, 5.41) is 0. The fourth-order valence-corrected chi connectivity index (χ4v) is 1.42. The van der Waals surface area contributed by atoms with E-state index in [1.165, 1.54) is 7.11 Å². The predicted molar refractivity (Wildman–Crippen MR) is 44.7 cm³/mol. The monoisotopic (exact) mass is 179 g/mol. The van der Waals surface area contributed by atoms with Gasteiger partial charge in [0.2, 0.25) is 0 Å². The van der Waals surface area contributed by atoms with E-state index < -0.39 is 5.92 Å². The summed E-state index contributed by atoms with van der Waals surface area (Å²) in [6.07, 6.45) is 1.48. The van der Waals surface area contributed by atoms with E-state index >= 15 is 0 Å². The molecule has 3 nitrogen and oxygen atoms in total. The number of carbonyl (C=O) groups is 2. The zero-order valence-corrected chi connectivity index (χ0v) is 9.79. The van der Waals surface area contributed by atoms with Crippen LogP contribution in [0.1, 0.15) is 19.8 Å². The van der Waals surface area contributed by atoms with Gasteiger partial charge in [-0.2, -0.15) is 0 Å². The van der Waals surface area contributed by atoms with E-state index in [-0.39, 0.29) is 47.2 Å². The molecule has 12 heavy (non-hydrogen) atoms. The number of ketones is 1. The number of hydrogen-bond donors (Lipinski definition) is 0. The summed E-state index contributed by atoms with van der Waals surface area (Å²) >= 11 is 0. The van der Waals surface area contributed by atoms with E-state index in [1.807, 2.05) is 6.92 Å². The maximum Gasteiger partial charge on any atom is 0.316 e. The molecule has 0 N–H and O–H groups in total. The van der Waals surface area contributed by atoms with Crippen molar-refractivity contribution < 1.29 is 14.3 Å². The predicted octanol–water partition coefficient (Wildman–Crippen LogP) is 0.394. The quantitative estimate of drug-likeness (QED) is 0.332. The Balaban J connectivity index is 0.00000121. The second-order valence-electron chi connectivity index (χ2n) is 2.96. The molecular formula is C8H12NaO3. The first-order chi connectivity index (χ1) is 5.16. The topological polar surface area (TPSA) is 43.4 Å². The van der Waals surface area contributed by atoms with Crippen LogP contribution >= 0.6 is 0 Å². The Kier molecular flexibility index (Phi) is 5.06. The van der Waals surface area contributed by atoms with Crippen LogP contribution < -0.4 is 0 Å². The molecule has 0 saturated heterocycles. The maximum absolute atomic E-state index is 11.2. The molecule has 1 rings (SSSR count). The average molecular weight is 179 g/mol. The molecule has 1 radical (unpaired) electrons. The first-order valence-corrected chi connectivity index (χ1v) is 3.78. The molecule has 1 saturated carbocycles. The van der Waals surface area contributed by atoms with Crippen LogP contribution in [0.2, 0.25) is 0 Å². The largest absolute Gasteiger partial charge is 0.468 e. The van der Waals surface area contributed by atoms with Crippen molar-refractivity contribution in [3.05, 3.63) is 0 Å². The molecule has 0 aliphatic heterocycles. The minimum atomic E-state index is -0.477. The molecular weight excluding hydrogens is 167 g/mol. The maximum atomic E-state index is 11.2. The van der Waals surface area contributed by atoms with E-state index in [2.05, 4.69) is 4.74 Å². The SMILES string of the molecule is COC(=O)C1CCC(C)C1=O.[Na].